The number of likely N-dealkylation sites (tertiary alicyclic amines) is 1. The number of carbonyl (C=O) groups excluding carboxylic acids is 2. The van der Waals surface area contributed by atoms with Gasteiger partial charge in [-0.05, 0) is 54.5 Å². The molecule has 2 amide bonds. The smallest absolute Gasteiger partial charge is 0.268 e. The van der Waals surface area contributed by atoms with Crippen molar-refractivity contribution in [3.05, 3.63) is 76.4 Å². The van der Waals surface area contributed by atoms with E-state index in [1.165, 1.54) is 0 Å². The molecule has 0 N–H and O–H groups in total. The molecular formula is C25H28N2O4S. The van der Waals surface area contributed by atoms with Crippen LogP contribution in [0.3, 0.4) is 0 Å². The van der Waals surface area contributed by atoms with Crippen molar-refractivity contribution < 1.29 is 18.0 Å². The zero-order valence-corrected chi connectivity index (χ0v) is 19.5. The van der Waals surface area contributed by atoms with Crippen molar-refractivity contribution in [2.45, 2.75) is 46.1 Å². The fourth-order valence-corrected chi connectivity index (χ4v) is 6.06. The maximum Gasteiger partial charge on any atom is 0.268 e. The monoisotopic (exact) mass is 452 g/mol. The minimum Gasteiger partial charge on any atom is -0.339 e. The predicted molar refractivity (Wildman–Crippen MR) is 124 cm³/mol. The largest absolute Gasteiger partial charge is 0.339 e. The second-order valence-corrected chi connectivity index (χ2v) is 10.5. The van der Waals surface area contributed by atoms with Gasteiger partial charge in [0.1, 0.15) is 4.91 Å². The third-order valence-electron chi connectivity index (χ3n) is 6.20. The van der Waals surface area contributed by atoms with Crippen LogP contribution in [-0.2, 0) is 21.4 Å². The van der Waals surface area contributed by atoms with Crippen LogP contribution in [0.1, 0.15) is 66.6 Å². The Bertz CT molecular complexity index is 1170. The van der Waals surface area contributed by atoms with Crippen molar-refractivity contribution in [3.8, 4) is 0 Å². The summed E-state index contributed by atoms with van der Waals surface area (Å²) in [6.45, 7) is 7.18. The van der Waals surface area contributed by atoms with E-state index in [0.29, 0.717) is 22.6 Å². The minimum absolute atomic E-state index is 0.0106. The normalized spacial score (nSPS) is 18.2. The Hall–Kier alpha value is -2.93. The molecule has 32 heavy (non-hydrogen) atoms. The number of carbonyl (C=O) groups is 2. The van der Waals surface area contributed by atoms with Crippen molar-refractivity contribution in [3.63, 3.8) is 0 Å². The Labute approximate surface area is 189 Å². The van der Waals surface area contributed by atoms with E-state index >= 15 is 0 Å². The molecule has 2 aliphatic rings. The van der Waals surface area contributed by atoms with E-state index in [0.717, 1.165) is 35.8 Å². The van der Waals surface area contributed by atoms with Crippen molar-refractivity contribution in [2.24, 2.45) is 0 Å². The molecule has 4 rings (SSSR count). The maximum absolute atomic E-state index is 13.3. The molecular weight excluding hydrogens is 424 g/mol. The summed E-state index contributed by atoms with van der Waals surface area (Å²) >= 11 is 0. The Morgan fingerprint density at radius 1 is 0.969 bits per heavy atom. The van der Waals surface area contributed by atoms with Gasteiger partial charge < -0.3 is 4.90 Å². The van der Waals surface area contributed by atoms with E-state index in [9.17, 15) is 18.0 Å². The average Bonchev–Trinajstić information content (AvgIpc) is 3.36. The summed E-state index contributed by atoms with van der Waals surface area (Å²) in [5.41, 5.74) is 3.09. The Morgan fingerprint density at radius 3 is 2.12 bits per heavy atom. The number of amides is 2. The standard InChI is InChI=1S/C25H28N2O4S/c1-17(2)20-10-12-21(13-11-20)23-18(3)24(28)27(32(23,30)31)16-19-6-8-22(9-7-19)25(29)26-14-4-5-15-26/h6-13,17H,4-5,14-16H2,1-3H3. The minimum atomic E-state index is -3.96. The fourth-order valence-electron chi connectivity index (χ4n) is 4.26. The van der Waals surface area contributed by atoms with E-state index in [1.807, 2.05) is 17.0 Å². The zero-order valence-electron chi connectivity index (χ0n) is 18.7. The molecule has 7 heteroatoms. The lowest BCUT2D eigenvalue weighted by atomic mass is 10.0. The molecule has 2 aromatic rings. The highest BCUT2D eigenvalue weighted by Crippen LogP contribution is 2.36. The topological polar surface area (TPSA) is 74.8 Å². The molecule has 2 aromatic carbocycles. The van der Waals surface area contributed by atoms with Crippen LogP contribution in [0.5, 0.6) is 0 Å². The van der Waals surface area contributed by atoms with Crippen LogP contribution in [0, 0.1) is 0 Å². The van der Waals surface area contributed by atoms with Crippen molar-refractivity contribution in [1.82, 2.24) is 9.21 Å². The van der Waals surface area contributed by atoms with Gasteiger partial charge in [-0.25, -0.2) is 12.7 Å². The first-order valence-electron chi connectivity index (χ1n) is 11.0. The van der Waals surface area contributed by atoms with E-state index in [1.54, 1.807) is 43.3 Å². The summed E-state index contributed by atoms with van der Waals surface area (Å²) in [7, 11) is -3.96. The van der Waals surface area contributed by atoms with Crippen LogP contribution in [-0.4, -0.2) is 42.5 Å². The highest BCUT2D eigenvalue weighted by Gasteiger charge is 2.42. The van der Waals surface area contributed by atoms with Crippen molar-refractivity contribution >= 4 is 26.7 Å². The quantitative estimate of drug-likeness (QED) is 0.683. The lowest BCUT2D eigenvalue weighted by Crippen LogP contribution is -2.31. The molecule has 1 fully saturated rings. The van der Waals surface area contributed by atoms with Gasteiger partial charge in [-0.3, -0.25) is 9.59 Å². The number of benzene rings is 2. The molecule has 0 radical (unpaired) electrons. The van der Waals surface area contributed by atoms with Gasteiger partial charge in [0.25, 0.3) is 21.8 Å². The summed E-state index contributed by atoms with van der Waals surface area (Å²) in [4.78, 5) is 27.3. The van der Waals surface area contributed by atoms with Gasteiger partial charge in [0.15, 0.2) is 0 Å². The molecule has 2 heterocycles. The highest BCUT2D eigenvalue weighted by atomic mass is 32.2. The first-order valence-corrected chi connectivity index (χ1v) is 12.4. The molecule has 0 spiro atoms. The number of rotatable bonds is 5. The summed E-state index contributed by atoms with van der Waals surface area (Å²) < 4.78 is 27.5. The molecule has 0 aliphatic carbocycles. The Kier molecular flexibility index (Phi) is 5.95. The van der Waals surface area contributed by atoms with Crippen molar-refractivity contribution in [2.75, 3.05) is 13.1 Å². The SMILES string of the molecule is CC1=C(c2ccc(C(C)C)cc2)S(=O)(=O)N(Cc2ccc(C(=O)N3CCCC3)cc2)C1=O. The van der Waals surface area contributed by atoms with Crippen LogP contribution in [0.15, 0.2) is 54.1 Å². The lowest BCUT2D eigenvalue weighted by Gasteiger charge is -2.18. The second-order valence-electron chi connectivity index (χ2n) is 8.74. The molecule has 0 bridgehead atoms. The molecule has 0 atom stereocenters. The number of hydrogen-bond acceptors (Lipinski definition) is 4. The van der Waals surface area contributed by atoms with Crippen LogP contribution in [0.25, 0.3) is 4.91 Å². The van der Waals surface area contributed by atoms with E-state index in [-0.39, 0.29) is 22.9 Å². The van der Waals surface area contributed by atoms with Gasteiger partial charge in [-0.2, -0.15) is 0 Å². The summed E-state index contributed by atoms with van der Waals surface area (Å²) in [6, 6.07) is 14.2. The number of hydrogen-bond donors (Lipinski definition) is 0. The Balaban J connectivity index is 1.55. The van der Waals surface area contributed by atoms with Gasteiger partial charge in [-0.1, -0.05) is 50.2 Å². The second kappa shape index (κ2) is 8.54. The average molecular weight is 453 g/mol. The summed E-state index contributed by atoms with van der Waals surface area (Å²) in [5.74, 6) is -0.188. The van der Waals surface area contributed by atoms with E-state index in [2.05, 4.69) is 13.8 Å². The summed E-state index contributed by atoms with van der Waals surface area (Å²) in [6.07, 6.45) is 2.04. The van der Waals surface area contributed by atoms with E-state index < -0.39 is 15.9 Å². The molecule has 6 nitrogen and oxygen atoms in total. The first kappa shape index (κ1) is 22.3. The molecule has 0 saturated carbocycles. The zero-order chi connectivity index (χ0) is 23.0. The molecule has 168 valence electrons. The van der Waals surface area contributed by atoms with Gasteiger partial charge in [0.2, 0.25) is 0 Å². The fraction of sp³-hybridized carbons (Fsp3) is 0.360. The summed E-state index contributed by atoms with van der Waals surface area (Å²) in [5, 5.41) is 0. The van der Waals surface area contributed by atoms with Crippen LogP contribution < -0.4 is 0 Å². The van der Waals surface area contributed by atoms with Gasteiger partial charge in [0, 0.05) is 24.2 Å². The molecule has 0 aromatic heterocycles. The Morgan fingerprint density at radius 2 is 1.56 bits per heavy atom. The lowest BCUT2D eigenvalue weighted by molar-refractivity contribution is -0.122. The van der Waals surface area contributed by atoms with Gasteiger partial charge in [0.05, 0.1) is 6.54 Å². The first-order chi connectivity index (χ1) is 15.2. The number of sulfonamides is 1. The maximum atomic E-state index is 13.3. The van der Waals surface area contributed by atoms with Gasteiger partial charge in [-0.15, -0.1) is 0 Å². The number of nitrogens with zero attached hydrogens (tertiary/aromatic N) is 2. The third kappa shape index (κ3) is 3.97. The van der Waals surface area contributed by atoms with Crippen molar-refractivity contribution in [1.29, 1.82) is 0 Å². The molecule has 0 unspecified atom stereocenters. The predicted octanol–water partition coefficient (Wildman–Crippen LogP) is 4.15. The van der Waals surface area contributed by atoms with Crippen LogP contribution in [0.4, 0.5) is 0 Å². The van der Waals surface area contributed by atoms with Gasteiger partial charge >= 0.3 is 0 Å². The highest BCUT2D eigenvalue weighted by molar-refractivity contribution is 7.99. The van der Waals surface area contributed by atoms with E-state index in [4.69, 9.17) is 0 Å². The third-order valence-corrected chi connectivity index (χ3v) is 8.13. The molecule has 1 saturated heterocycles. The van der Waals surface area contributed by atoms with Crippen LogP contribution >= 0.6 is 0 Å². The van der Waals surface area contributed by atoms with Crippen LogP contribution in [0.2, 0.25) is 0 Å². The molecule has 2 aliphatic heterocycles.